The molecule has 2 N–H and O–H groups in total. The third-order valence-electron chi connectivity index (χ3n) is 3.07. The molecule has 0 radical (unpaired) electrons. The Morgan fingerprint density at radius 3 is 2.75 bits per heavy atom. The summed E-state index contributed by atoms with van der Waals surface area (Å²) in [5, 5.41) is 3.99. The van der Waals surface area contributed by atoms with Crippen molar-refractivity contribution >= 4 is 0 Å². The molecule has 2 rings (SSSR count). The molecule has 5 heteroatoms. The summed E-state index contributed by atoms with van der Waals surface area (Å²) >= 11 is 0. The van der Waals surface area contributed by atoms with Gasteiger partial charge < -0.3 is 15.0 Å². The third kappa shape index (κ3) is 3.57. The molecular formula is C15H21N3O2. The number of hydrogen-bond acceptors (Lipinski definition) is 5. The molecule has 1 heterocycles. The Hall–Kier alpha value is -1.88. The van der Waals surface area contributed by atoms with E-state index in [4.69, 9.17) is 15.0 Å². The van der Waals surface area contributed by atoms with Gasteiger partial charge in [0.15, 0.2) is 5.82 Å². The summed E-state index contributed by atoms with van der Waals surface area (Å²) in [6.07, 6.45) is 1.40. The Labute approximate surface area is 119 Å². The predicted molar refractivity (Wildman–Crippen MR) is 76.5 cm³/mol. The van der Waals surface area contributed by atoms with Crippen LogP contribution in [0.5, 0.6) is 5.75 Å². The first-order valence-corrected chi connectivity index (χ1v) is 6.80. The zero-order chi connectivity index (χ0) is 14.5. The van der Waals surface area contributed by atoms with E-state index in [1.54, 1.807) is 7.11 Å². The maximum atomic E-state index is 6.04. The lowest BCUT2D eigenvalue weighted by Gasteiger charge is -2.08. The van der Waals surface area contributed by atoms with E-state index in [2.05, 4.69) is 24.0 Å². The van der Waals surface area contributed by atoms with Gasteiger partial charge >= 0.3 is 0 Å². The highest BCUT2D eigenvalue weighted by molar-refractivity contribution is 5.35. The predicted octanol–water partition coefficient (Wildman–Crippen LogP) is 2.71. The molecule has 0 bridgehead atoms. The Kier molecular flexibility index (Phi) is 4.74. The summed E-state index contributed by atoms with van der Waals surface area (Å²) in [5.74, 6) is 2.45. The van der Waals surface area contributed by atoms with Gasteiger partial charge in [0.25, 0.3) is 0 Å². The van der Waals surface area contributed by atoms with Crippen LogP contribution < -0.4 is 10.5 Å². The van der Waals surface area contributed by atoms with Gasteiger partial charge in [-0.2, -0.15) is 4.98 Å². The number of nitrogens with two attached hydrogens (primary N) is 1. The number of nitrogens with zero attached hydrogens (tertiary/aromatic N) is 2. The molecule has 108 valence electrons. The molecule has 0 fully saturated rings. The third-order valence-corrected chi connectivity index (χ3v) is 3.07. The standard InChI is InChI=1S/C15H21N3O2/c1-10(2)8-12(16)15-17-14(18-20-15)9-11-6-4-5-7-13(11)19-3/h4-7,10,12H,8-9,16H2,1-3H3/t12-/m0/s1. The Morgan fingerprint density at radius 2 is 2.05 bits per heavy atom. The number of para-hydroxylation sites is 1. The molecule has 5 nitrogen and oxygen atoms in total. The van der Waals surface area contributed by atoms with Gasteiger partial charge in [-0.3, -0.25) is 0 Å². The Morgan fingerprint density at radius 1 is 1.30 bits per heavy atom. The molecule has 0 saturated heterocycles. The van der Waals surface area contributed by atoms with Gasteiger partial charge in [0, 0.05) is 12.0 Å². The molecule has 0 aliphatic rings. The fraction of sp³-hybridized carbons (Fsp3) is 0.467. The van der Waals surface area contributed by atoms with Crippen LogP contribution in [0.3, 0.4) is 0 Å². The van der Waals surface area contributed by atoms with E-state index < -0.39 is 0 Å². The van der Waals surface area contributed by atoms with Gasteiger partial charge in [0.05, 0.1) is 13.2 Å². The van der Waals surface area contributed by atoms with Crippen LogP contribution in [0.1, 0.15) is 43.6 Å². The summed E-state index contributed by atoms with van der Waals surface area (Å²) in [5.41, 5.74) is 7.07. The lowest BCUT2D eigenvalue weighted by atomic mass is 10.0. The zero-order valence-corrected chi connectivity index (χ0v) is 12.2. The van der Waals surface area contributed by atoms with Crippen molar-refractivity contribution in [3.63, 3.8) is 0 Å². The van der Waals surface area contributed by atoms with E-state index in [0.717, 1.165) is 17.7 Å². The van der Waals surface area contributed by atoms with Gasteiger partial charge in [-0.15, -0.1) is 0 Å². The largest absolute Gasteiger partial charge is 0.496 e. The lowest BCUT2D eigenvalue weighted by Crippen LogP contribution is -2.13. The van der Waals surface area contributed by atoms with Crippen LogP contribution in [0.15, 0.2) is 28.8 Å². The molecule has 1 aromatic heterocycles. The van der Waals surface area contributed by atoms with Crippen LogP contribution in [0.4, 0.5) is 0 Å². The number of hydrogen-bond donors (Lipinski definition) is 1. The molecule has 1 aromatic carbocycles. The second-order valence-corrected chi connectivity index (χ2v) is 5.27. The monoisotopic (exact) mass is 275 g/mol. The van der Waals surface area contributed by atoms with E-state index in [9.17, 15) is 0 Å². The van der Waals surface area contributed by atoms with Gasteiger partial charge in [0.2, 0.25) is 5.89 Å². The molecule has 0 aliphatic carbocycles. The first-order chi connectivity index (χ1) is 9.60. The number of benzene rings is 1. The van der Waals surface area contributed by atoms with Crippen molar-refractivity contribution in [2.75, 3.05) is 7.11 Å². The smallest absolute Gasteiger partial charge is 0.243 e. The second kappa shape index (κ2) is 6.52. The Bertz CT molecular complexity index is 552. The molecule has 0 spiro atoms. The molecule has 0 saturated carbocycles. The molecular weight excluding hydrogens is 254 g/mol. The van der Waals surface area contributed by atoms with E-state index in [-0.39, 0.29) is 6.04 Å². The van der Waals surface area contributed by atoms with E-state index in [1.807, 2.05) is 24.3 Å². The van der Waals surface area contributed by atoms with Crippen LogP contribution in [0, 0.1) is 5.92 Å². The molecule has 20 heavy (non-hydrogen) atoms. The van der Waals surface area contributed by atoms with Crippen LogP contribution in [-0.4, -0.2) is 17.3 Å². The van der Waals surface area contributed by atoms with Gasteiger partial charge in [-0.1, -0.05) is 37.2 Å². The maximum absolute atomic E-state index is 6.04. The molecule has 1 atom stereocenters. The average molecular weight is 275 g/mol. The van der Waals surface area contributed by atoms with Crippen molar-refractivity contribution in [2.24, 2.45) is 11.7 Å². The van der Waals surface area contributed by atoms with E-state index in [0.29, 0.717) is 24.1 Å². The zero-order valence-electron chi connectivity index (χ0n) is 12.2. The van der Waals surface area contributed by atoms with Crippen molar-refractivity contribution in [1.82, 2.24) is 10.1 Å². The van der Waals surface area contributed by atoms with Crippen LogP contribution >= 0.6 is 0 Å². The van der Waals surface area contributed by atoms with Crippen LogP contribution in [-0.2, 0) is 6.42 Å². The van der Waals surface area contributed by atoms with Crippen LogP contribution in [0.25, 0.3) is 0 Å². The fourth-order valence-corrected chi connectivity index (χ4v) is 2.12. The van der Waals surface area contributed by atoms with E-state index >= 15 is 0 Å². The topological polar surface area (TPSA) is 74.2 Å². The summed E-state index contributed by atoms with van der Waals surface area (Å²) in [6, 6.07) is 7.60. The van der Waals surface area contributed by atoms with Crippen molar-refractivity contribution < 1.29 is 9.26 Å². The summed E-state index contributed by atoms with van der Waals surface area (Å²) in [7, 11) is 1.65. The summed E-state index contributed by atoms with van der Waals surface area (Å²) in [4.78, 5) is 4.38. The van der Waals surface area contributed by atoms with Crippen molar-refractivity contribution in [1.29, 1.82) is 0 Å². The summed E-state index contributed by atoms with van der Waals surface area (Å²) < 4.78 is 10.6. The van der Waals surface area contributed by atoms with Crippen LogP contribution in [0.2, 0.25) is 0 Å². The van der Waals surface area contributed by atoms with Crippen molar-refractivity contribution in [3.8, 4) is 5.75 Å². The first-order valence-electron chi connectivity index (χ1n) is 6.80. The van der Waals surface area contributed by atoms with Gasteiger partial charge in [-0.25, -0.2) is 0 Å². The van der Waals surface area contributed by atoms with Gasteiger partial charge in [-0.05, 0) is 18.4 Å². The number of aromatic nitrogens is 2. The number of methoxy groups -OCH3 is 1. The number of rotatable bonds is 6. The maximum Gasteiger partial charge on any atom is 0.243 e. The SMILES string of the molecule is COc1ccccc1Cc1noc([C@@H](N)CC(C)C)n1. The highest BCUT2D eigenvalue weighted by atomic mass is 16.5. The van der Waals surface area contributed by atoms with Crippen molar-refractivity contribution in [3.05, 3.63) is 41.5 Å². The second-order valence-electron chi connectivity index (χ2n) is 5.27. The first kappa shape index (κ1) is 14.5. The van der Waals surface area contributed by atoms with E-state index in [1.165, 1.54) is 0 Å². The molecule has 2 aromatic rings. The molecule has 0 unspecified atom stereocenters. The summed E-state index contributed by atoms with van der Waals surface area (Å²) in [6.45, 7) is 4.23. The fourth-order valence-electron chi connectivity index (χ4n) is 2.12. The lowest BCUT2D eigenvalue weighted by molar-refractivity contribution is 0.332. The highest BCUT2D eigenvalue weighted by Crippen LogP contribution is 2.21. The minimum absolute atomic E-state index is 0.200. The molecule has 0 amide bonds. The van der Waals surface area contributed by atoms with Gasteiger partial charge in [0.1, 0.15) is 5.75 Å². The van der Waals surface area contributed by atoms with Crippen molar-refractivity contribution in [2.45, 2.75) is 32.7 Å². The normalized spacial score (nSPS) is 12.7. The average Bonchev–Trinajstić information content (AvgIpc) is 2.87. The quantitative estimate of drug-likeness (QED) is 0.877. The minimum atomic E-state index is -0.200. The minimum Gasteiger partial charge on any atom is -0.496 e. The highest BCUT2D eigenvalue weighted by Gasteiger charge is 2.16. The molecule has 0 aliphatic heterocycles. The number of ether oxygens (including phenoxy) is 1. The Balaban J connectivity index is 2.09.